The van der Waals surface area contributed by atoms with Crippen molar-refractivity contribution in [2.45, 2.75) is 6.42 Å². The zero-order valence-corrected chi connectivity index (χ0v) is 17.2. The zero-order chi connectivity index (χ0) is 23.3. The highest BCUT2D eigenvalue weighted by Crippen LogP contribution is 2.53. The van der Waals surface area contributed by atoms with Crippen LogP contribution in [0.25, 0.3) is 0 Å². The third-order valence-corrected chi connectivity index (χ3v) is 6.55. The topological polar surface area (TPSA) is 124 Å². The number of rotatable bonds is 6. The van der Waals surface area contributed by atoms with Gasteiger partial charge >= 0.3 is 5.97 Å². The minimum absolute atomic E-state index is 0.00804. The number of benzene rings is 2. The largest absolute Gasteiger partial charge is 0.454 e. The van der Waals surface area contributed by atoms with Gasteiger partial charge in [-0.25, -0.2) is 9.69 Å². The highest BCUT2D eigenvalue weighted by atomic mass is 16.6. The summed E-state index contributed by atoms with van der Waals surface area (Å²) in [4.78, 5) is 62.7. The highest BCUT2D eigenvalue weighted by Gasteiger charge is 2.59. The molecular formula is C24H18N2O7. The first-order valence-corrected chi connectivity index (χ1v) is 10.5. The number of nitro groups is 1. The predicted octanol–water partition coefficient (Wildman–Crippen LogP) is 2.95. The number of ketones is 1. The molecule has 1 saturated carbocycles. The number of allylic oxidation sites excluding steroid dienone is 2. The third-order valence-electron chi connectivity index (χ3n) is 6.55. The van der Waals surface area contributed by atoms with Crippen LogP contribution in [-0.2, 0) is 14.3 Å². The average molecular weight is 446 g/mol. The van der Waals surface area contributed by atoms with Crippen molar-refractivity contribution in [3.63, 3.8) is 0 Å². The Morgan fingerprint density at radius 2 is 1.67 bits per heavy atom. The number of carbonyl (C=O) groups is 4. The molecule has 0 spiro atoms. The molecule has 2 fully saturated rings. The van der Waals surface area contributed by atoms with E-state index in [2.05, 4.69) is 0 Å². The van der Waals surface area contributed by atoms with Crippen LogP contribution in [0, 0.1) is 33.8 Å². The van der Waals surface area contributed by atoms with Crippen molar-refractivity contribution < 1.29 is 28.8 Å². The van der Waals surface area contributed by atoms with Crippen LogP contribution < -0.4 is 4.90 Å². The van der Waals surface area contributed by atoms with E-state index in [-0.39, 0.29) is 46.2 Å². The molecule has 1 heterocycles. The van der Waals surface area contributed by atoms with Crippen molar-refractivity contribution in [1.82, 2.24) is 0 Å². The summed E-state index contributed by atoms with van der Waals surface area (Å²) in [5, 5.41) is 10.9. The van der Waals surface area contributed by atoms with E-state index in [4.69, 9.17) is 4.74 Å². The van der Waals surface area contributed by atoms with E-state index in [0.29, 0.717) is 0 Å². The second-order valence-electron chi connectivity index (χ2n) is 8.34. The number of hydrogen-bond acceptors (Lipinski definition) is 7. The number of non-ortho nitro benzene ring substituents is 1. The molecule has 0 N–H and O–H groups in total. The number of Topliss-reactive ketones (excluding diaryl/α,β-unsaturated/α-hetero) is 1. The van der Waals surface area contributed by atoms with Crippen LogP contribution in [0.1, 0.15) is 27.1 Å². The summed E-state index contributed by atoms with van der Waals surface area (Å²) in [6.07, 6.45) is 4.77. The maximum atomic E-state index is 13.1. The van der Waals surface area contributed by atoms with Crippen molar-refractivity contribution in [2.24, 2.45) is 23.7 Å². The molecule has 2 amide bonds. The zero-order valence-electron chi connectivity index (χ0n) is 17.2. The minimum atomic E-state index is -0.872. The number of anilines is 1. The molecule has 0 radical (unpaired) electrons. The monoisotopic (exact) mass is 446 g/mol. The Morgan fingerprint density at radius 3 is 2.33 bits per heavy atom. The second kappa shape index (κ2) is 7.77. The first kappa shape index (κ1) is 20.7. The number of ether oxygens (including phenoxy) is 1. The van der Waals surface area contributed by atoms with Crippen LogP contribution in [0.3, 0.4) is 0 Å². The number of fused-ring (bicyclic) bond motifs is 5. The number of para-hydroxylation sites is 1. The van der Waals surface area contributed by atoms with E-state index in [1.54, 1.807) is 12.1 Å². The Labute approximate surface area is 187 Å². The van der Waals surface area contributed by atoms with E-state index in [1.165, 1.54) is 30.3 Å². The van der Waals surface area contributed by atoms with Gasteiger partial charge in [0.15, 0.2) is 6.61 Å². The highest BCUT2D eigenvalue weighted by molar-refractivity contribution is 6.24. The maximum Gasteiger partial charge on any atom is 0.340 e. The van der Waals surface area contributed by atoms with Crippen LogP contribution in [0.15, 0.2) is 60.7 Å². The quantitative estimate of drug-likeness (QED) is 0.167. The van der Waals surface area contributed by atoms with Gasteiger partial charge in [0.05, 0.1) is 28.0 Å². The van der Waals surface area contributed by atoms with Crippen LogP contribution >= 0.6 is 0 Å². The summed E-state index contributed by atoms with van der Waals surface area (Å²) in [6, 6.07) is 11.2. The molecule has 9 nitrogen and oxygen atoms in total. The Morgan fingerprint density at radius 1 is 1.00 bits per heavy atom. The van der Waals surface area contributed by atoms with Gasteiger partial charge in [0.2, 0.25) is 17.6 Å². The molecule has 4 atom stereocenters. The summed E-state index contributed by atoms with van der Waals surface area (Å²) in [5.74, 6) is -2.89. The van der Waals surface area contributed by atoms with Gasteiger partial charge in [0, 0.05) is 17.7 Å². The average Bonchev–Trinajstić information content (AvgIpc) is 3.51. The number of nitro benzene ring substituents is 1. The van der Waals surface area contributed by atoms with Crippen molar-refractivity contribution in [3.8, 4) is 0 Å². The fraction of sp³-hybridized carbons (Fsp3) is 0.250. The van der Waals surface area contributed by atoms with Crippen molar-refractivity contribution in [2.75, 3.05) is 11.5 Å². The second-order valence-corrected chi connectivity index (χ2v) is 8.34. The molecule has 1 aliphatic heterocycles. The summed E-state index contributed by atoms with van der Waals surface area (Å²) in [5.41, 5.74) is -0.0935. The molecule has 9 heteroatoms. The molecule has 2 aromatic rings. The molecule has 3 aliphatic rings. The summed E-state index contributed by atoms with van der Waals surface area (Å²) in [6.45, 7) is -0.643. The minimum Gasteiger partial charge on any atom is -0.454 e. The molecule has 1 saturated heterocycles. The van der Waals surface area contributed by atoms with Gasteiger partial charge < -0.3 is 4.74 Å². The van der Waals surface area contributed by atoms with E-state index in [0.717, 1.165) is 17.4 Å². The lowest BCUT2D eigenvalue weighted by Crippen LogP contribution is -2.34. The van der Waals surface area contributed by atoms with Crippen LogP contribution in [-0.4, -0.2) is 35.1 Å². The Bertz CT molecular complexity index is 1220. The first-order chi connectivity index (χ1) is 15.9. The third kappa shape index (κ3) is 3.32. The molecule has 33 heavy (non-hydrogen) atoms. The van der Waals surface area contributed by atoms with Gasteiger partial charge in [0.25, 0.3) is 5.69 Å². The number of hydrogen-bond donors (Lipinski definition) is 0. The lowest BCUT2D eigenvalue weighted by Gasteiger charge is -2.19. The van der Waals surface area contributed by atoms with Crippen LogP contribution in [0.5, 0.6) is 0 Å². The Hall–Kier alpha value is -4.14. The van der Waals surface area contributed by atoms with E-state index >= 15 is 0 Å². The lowest BCUT2D eigenvalue weighted by molar-refractivity contribution is -0.384. The molecular weight excluding hydrogens is 428 g/mol. The normalized spacial score (nSPS) is 24.8. The van der Waals surface area contributed by atoms with Crippen molar-refractivity contribution in [3.05, 3.63) is 81.9 Å². The predicted molar refractivity (Wildman–Crippen MR) is 114 cm³/mol. The van der Waals surface area contributed by atoms with Gasteiger partial charge in [-0.05, 0) is 30.4 Å². The van der Waals surface area contributed by atoms with Gasteiger partial charge in [-0.3, -0.25) is 24.5 Å². The Balaban J connectivity index is 1.34. The van der Waals surface area contributed by atoms with Crippen molar-refractivity contribution >= 4 is 34.9 Å². The molecule has 166 valence electrons. The molecule has 0 aromatic heterocycles. The van der Waals surface area contributed by atoms with E-state index in [1.807, 2.05) is 12.2 Å². The number of carbonyl (C=O) groups excluding carboxylic acids is 4. The summed E-state index contributed by atoms with van der Waals surface area (Å²) < 4.78 is 5.14. The molecule has 2 aliphatic carbocycles. The number of esters is 1. The van der Waals surface area contributed by atoms with Gasteiger partial charge in [0.1, 0.15) is 0 Å². The lowest BCUT2D eigenvalue weighted by atomic mass is 9.85. The fourth-order valence-electron chi connectivity index (χ4n) is 5.07. The number of imide groups is 1. The smallest absolute Gasteiger partial charge is 0.340 e. The molecule has 0 unspecified atom stereocenters. The molecule has 2 bridgehead atoms. The van der Waals surface area contributed by atoms with Crippen LogP contribution in [0.4, 0.5) is 11.4 Å². The number of amides is 2. The van der Waals surface area contributed by atoms with Gasteiger partial charge in [-0.2, -0.15) is 0 Å². The van der Waals surface area contributed by atoms with Gasteiger partial charge in [-0.1, -0.05) is 36.4 Å². The number of nitrogens with zero attached hydrogens (tertiary/aromatic N) is 2. The summed E-state index contributed by atoms with van der Waals surface area (Å²) >= 11 is 0. The molecule has 2 aromatic carbocycles. The first-order valence-electron chi connectivity index (χ1n) is 10.5. The SMILES string of the molecule is O=C(COC(=O)c1ccccc1N1C(=O)[C@@H]2[C@@H](C1=O)[C@H]1C=C[C@@H]2C1)c1cccc([N+](=O)[O-])c1. The standard InChI is InChI=1S/C24H18N2O7/c27-19(13-4-3-5-16(11-13)26(31)32)12-33-24(30)17-6-1-2-7-18(17)25-22(28)20-14-8-9-15(10-14)21(20)23(25)29/h1-9,11,14-15,20-21H,10,12H2/t14-,15+,20-,21-/m0/s1. The maximum absolute atomic E-state index is 13.1. The van der Waals surface area contributed by atoms with Crippen molar-refractivity contribution in [1.29, 1.82) is 0 Å². The van der Waals surface area contributed by atoms with Crippen LogP contribution in [0.2, 0.25) is 0 Å². The Kier molecular flexibility index (Phi) is 4.88. The van der Waals surface area contributed by atoms with E-state index < -0.39 is 35.1 Å². The van der Waals surface area contributed by atoms with E-state index in [9.17, 15) is 29.3 Å². The fourth-order valence-corrected chi connectivity index (χ4v) is 5.07. The molecule has 5 rings (SSSR count). The summed E-state index contributed by atoms with van der Waals surface area (Å²) in [7, 11) is 0. The van der Waals surface area contributed by atoms with Gasteiger partial charge in [-0.15, -0.1) is 0 Å².